The minimum absolute atomic E-state index is 0.0269. The Bertz CT molecular complexity index is 914. The second kappa shape index (κ2) is 7.74. The van der Waals surface area contributed by atoms with Gasteiger partial charge >= 0.3 is 0 Å². The summed E-state index contributed by atoms with van der Waals surface area (Å²) in [6, 6.07) is 8.62. The molecule has 2 aromatic rings. The van der Waals surface area contributed by atoms with Crippen LogP contribution in [-0.2, 0) is 14.8 Å². The zero-order chi connectivity index (χ0) is 18.8. The molecule has 0 saturated heterocycles. The molecule has 1 unspecified atom stereocenters. The molecule has 0 bridgehead atoms. The van der Waals surface area contributed by atoms with Gasteiger partial charge in [-0.05, 0) is 56.2 Å². The second-order valence-corrected chi connectivity index (χ2v) is 8.18. The van der Waals surface area contributed by atoms with Gasteiger partial charge < -0.3 is 5.32 Å². The van der Waals surface area contributed by atoms with Crippen LogP contribution in [0.2, 0.25) is 10.0 Å². The maximum atomic E-state index is 12.5. The second-order valence-electron chi connectivity index (χ2n) is 5.65. The van der Waals surface area contributed by atoms with Crippen LogP contribution in [0.1, 0.15) is 18.1 Å². The Balaban J connectivity index is 2.17. The van der Waals surface area contributed by atoms with E-state index in [0.29, 0.717) is 5.69 Å². The van der Waals surface area contributed by atoms with Gasteiger partial charge in [-0.2, -0.15) is 4.72 Å². The Morgan fingerprint density at radius 3 is 2.48 bits per heavy atom. The van der Waals surface area contributed by atoms with E-state index >= 15 is 0 Å². The molecule has 0 aliphatic carbocycles. The zero-order valence-electron chi connectivity index (χ0n) is 13.9. The van der Waals surface area contributed by atoms with Crippen molar-refractivity contribution in [1.29, 1.82) is 0 Å². The van der Waals surface area contributed by atoms with E-state index in [1.54, 1.807) is 6.07 Å². The summed E-state index contributed by atoms with van der Waals surface area (Å²) in [4.78, 5) is 12.2. The smallest absolute Gasteiger partial charge is 0.242 e. The van der Waals surface area contributed by atoms with Crippen LogP contribution in [0.25, 0.3) is 0 Å². The Morgan fingerprint density at radius 1 is 1.12 bits per heavy atom. The van der Waals surface area contributed by atoms with Crippen LogP contribution < -0.4 is 10.0 Å². The molecule has 134 valence electrons. The van der Waals surface area contributed by atoms with Crippen LogP contribution in [0.3, 0.4) is 0 Å². The van der Waals surface area contributed by atoms with E-state index in [-0.39, 0.29) is 14.9 Å². The SMILES string of the molecule is Cc1cccc(NC(=O)C(C)NS(=O)(=O)c2cc(Cl)ccc2Cl)c1C. The minimum Gasteiger partial charge on any atom is -0.324 e. The maximum Gasteiger partial charge on any atom is 0.242 e. The van der Waals surface area contributed by atoms with Crippen molar-refractivity contribution in [3.63, 3.8) is 0 Å². The fraction of sp³-hybridized carbons (Fsp3) is 0.235. The number of amides is 1. The summed E-state index contributed by atoms with van der Waals surface area (Å²) in [6.45, 7) is 5.26. The lowest BCUT2D eigenvalue weighted by molar-refractivity contribution is -0.117. The van der Waals surface area contributed by atoms with Crippen LogP contribution in [0, 0.1) is 13.8 Å². The van der Waals surface area contributed by atoms with Crippen LogP contribution >= 0.6 is 23.2 Å². The Labute approximate surface area is 157 Å². The highest BCUT2D eigenvalue weighted by atomic mass is 35.5. The van der Waals surface area contributed by atoms with E-state index in [2.05, 4.69) is 10.0 Å². The zero-order valence-corrected chi connectivity index (χ0v) is 16.3. The molecule has 0 aliphatic heterocycles. The van der Waals surface area contributed by atoms with Gasteiger partial charge in [0.2, 0.25) is 15.9 Å². The first kappa shape index (κ1) is 19.7. The average Bonchev–Trinajstić information content (AvgIpc) is 2.53. The molecular formula is C17H18Cl2N2O3S. The van der Waals surface area contributed by atoms with E-state index in [9.17, 15) is 13.2 Å². The molecule has 8 heteroatoms. The predicted molar refractivity (Wildman–Crippen MR) is 101 cm³/mol. The highest BCUT2D eigenvalue weighted by Crippen LogP contribution is 2.25. The van der Waals surface area contributed by atoms with Crippen molar-refractivity contribution in [2.24, 2.45) is 0 Å². The van der Waals surface area contributed by atoms with Gasteiger partial charge in [-0.1, -0.05) is 35.3 Å². The summed E-state index contributed by atoms with van der Waals surface area (Å²) < 4.78 is 27.2. The van der Waals surface area contributed by atoms with Crippen molar-refractivity contribution in [1.82, 2.24) is 4.72 Å². The maximum absolute atomic E-state index is 12.5. The first-order valence-electron chi connectivity index (χ1n) is 7.46. The van der Waals surface area contributed by atoms with Crippen LogP contribution in [0.15, 0.2) is 41.3 Å². The lowest BCUT2D eigenvalue weighted by Crippen LogP contribution is -2.41. The Hall–Kier alpha value is -1.60. The average molecular weight is 401 g/mol. The van der Waals surface area contributed by atoms with Gasteiger partial charge in [0.25, 0.3) is 0 Å². The molecule has 2 aromatic carbocycles. The van der Waals surface area contributed by atoms with E-state index in [1.807, 2.05) is 26.0 Å². The quantitative estimate of drug-likeness (QED) is 0.798. The van der Waals surface area contributed by atoms with Gasteiger partial charge in [0.1, 0.15) is 4.90 Å². The van der Waals surface area contributed by atoms with Gasteiger partial charge in [-0.25, -0.2) is 8.42 Å². The monoisotopic (exact) mass is 400 g/mol. The van der Waals surface area contributed by atoms with Gasteiger partial charge in [0.05, 0.1) is 11.1 Å². The molecule has 25 heavy (non-hydrogen) atoms. The fourth-order valence-corrected chi connectivity index (χ4v) is 4.13. The highest BCUT2D eigenvalue weighted by molar-refractivity contribution is 7.89. The van der Waals surface area contributed by atoms with Gasteiger partial charge in [-0.3, -0.25) is 4.79 Å². The molecule has 0 heterocycles. The van der Waals surface area contributed by atoms with E-state index in [0.717, 1.165) is 11.1 Å². The van der Waals surface area contributed by atoms with Crippen molar-refractivity contribution in [3.05, 3.63) is 57.6 Å². The molecule has 0 aliphatic rings. The summed E-state index contributed by atoms with van der Waals surface area (Å²) in [7, 11) is -4.00. The molecule has 0 fully saturated rings. The van der Waals surface area contributed by atoms with Crippen molar-refractivity contribution in [2.45, 2.75) is 31.7 Å². The number of hydrogen-bond acceptors (Lipinski definition) is 3. The molecule has 0 spiro atoms. The molecular weight excluding hydrogens is 383 g/mol. The fourth-order valence-electron chi connectivity index (χ4n) is 2.16. The highest BCUT2D eigenvalue weighted by Gasteiger charge is 2.24. The number of benzene rings is 2. The normalized spacial score (nSPS) is 12.7. The molecule has 1 atom stereocenters. The number of nitrogens with one attached hydrogen (secondary N) is 2. The summed E-state index contributed by atoms with van der Waals surface area (Å²) in [5.41, 5.74) is 2.58. The standard InChI is InChI=1S/C17H18Cl2N2O3S/c1-10-5-4-6-15(11(10)2)20-17(22)12(3)21-25(23,24)16-9-13(18)7-8-14(16)19/h4-9,12,21H,1-3H3,(H,20,22). The van der Waals surface area contributed by atoms with Gasteiger partial charge in [0.15, 0.2) is 0 Å². The number of sulfonamides is 1. The van der Waals surface area contributed by atoms with Crippen molar-refractivity contribution >= 4 is 44.8 Å². The van der Waals surface area contributed by atoms with E-state index in [4.69, 9.17) is 23.2 Å². The number of rotatable bonds is 5. The van der Waals surface area contributed by atoms with Crippen LogP contribution in [-0.4, -0.2) is 20.4 Å². The lowest BCUT2D eigenvalue weighted by atomic mass is 10.1. The third-order valence-electron chi connectivity index (χ3n) is 3.77. The number of anilines is 1. The lowest BCUT2D eigenvalue weighted by Gasteiger charge is -2.16. The van der Waals surface area contributed by atoms with Crippen molar-refractivity contribution in [3.8, 4) is 0 Å². The first-order valence-corrected chi connectivity index (χ1v) is 9.70. The van der Waals surface area contributed by atoms with Crippen molar-refractivity contribution in [2.75, 3.05) is 5.32 Å². The summed E-state index contributed by atoms with van der Waals surface area (Å²) >= 11 is 11.8. The Kier molecular flexibility index (Phi) is 6.11. The number of hydrogen-bond donors (Lipinski definition) is 2. The Morgan fingerprint density at radius 2 is 1.80 bits per heavy atom. The predicted octanol–water partition coefficient (Wildman–Crippen LogP) is 3.92. The van der Waals surface area contributed by atoms with Crippen LogP contribution in [0.4, 0.5) is 5.69 Å². The van der Waals surface area contributed by atoms with E-state index in [1.165, 1.54) is 25.1 Å². The summed E-state index contributed by atoms with van der Waals surface area (Å²) in [6.07, 6.45) is 0. The molecule has 2 N–H and O–H groups in total. The van der Waals surface area contributed by atoms with E-state index < -0.39 is 22.0 Å². The molecule has 0 aromatic heterocycles. The summed E-state index contributed by atoms with van der Waals surface area (Å²) in [5, 5.41) is 2.99. The number of aryl methyl sites for hydroxylation is 1. The molecule has 1 amide bonds. The van der Waals surface area contributed by atoms with Crippen LogP contribution in [0.5, 0.6) is 0 Å². The minimum atomic E-state index is -4.00. The largest absolute Gasteiger partial charge is 0.324 e. The van der Waals surface area contributed by atoms with Crippen molar-refractivity contribution < 1.29 is 13.2 Å². The summed E-state index contributed by atoms with van der Waals surface area (Å²) in [5.74, 6) is -0.476. The molecule has 0 radical (unpaired) electrons. The topological polar surface area (TPSA) is 75.3 Å². The van der Waals surface area contributed by atoms with Gasteiger partial charge in [0, 0.05) is 10.7 Å². The number of carbonyl (C=O) groups excluding carboxylic acids is 1. The third kappa shape index (κ3) is 4.73. The number of carbonyl (C=O) groups is 1. The molecule has 2 rings (SSSR count). The number of halogens is 2. The third-order valence-corrected chi connectivity index (χ3v) is 6.03. The molecule has 0 saturated carbocycles. The molecule has 5 nitrogen and oxygen atoms in total. The first-order chi connectivity index (χ1) is 11.6. The van der Waals surface area contributed by atoms with Gasteiger partial charge in [-0.15, -0.1) is 0 Å².